The molecule has 0 bridgehead atoms. The van der Waals surface area contributed by atoms with Crippen LogP contribution in [0.4, 0.5) is 0 Å². The number of aromatic nitrogens is 2. The third kappa shape index (κ3) is 3.01. The minimum absolute atomic E-state index is 0.411. The second-order valence-electron chi connectivity index (χ2n) is 4.99. The van der Waals surface area contributed by atoms with Crippen LogP contribution < -0.4 is 4.74 Å². The first kappa shape index (κ1) is 15.0. The van der Waals surface area contributed by atoms with Crippen molar-refractivity contribution in [3.63, 3.8) is 0 Å². The molecule has 0 saturated carbocycles. The van der Waals surface area contributed by atoms with Gasteiger partial charge in [-0.15, -0.1) is 11.6 Å². The molecule has 3 rings (SSSR count). The molecule has 0 spiro atoms. The predicted octanol–water partition coefficient (Wildman–Crippen LogP) is 4.68. The van der Waals surface area contributed by atoms with Gasteiger partial charge in [0, 0.05) is 11.6 Å². The van der Waals surface area contributed by atoms with Crippen LogP contribution in [0.25, 0.3) is 5.69 Å². The van der Waals surface area contributed by atoms with E-state index in [1.54, 1.807) is 10.7 Å². The van der Waals surface area contributed by atoms with Crippen molar-refractivity contribution in [2.24, 2.45) is 0 Å². The summed E-state index contributed by atoms with van der Waals surface area (Å²) in [6.07, 6.45) is 4.33. The van der Waals surface area contributed by atoms with E-state index in [1.165, 1.54) is 18.4 Å². The van der Waals surface area contributed by atoms with Crippen LogP contribution >= 0.6 is 34.8 Å². The van der Waals surface area contributed by atoms with Crippen molar-refractivity contribution in [3.8, 4) is 11.4 Å². The van der Waals surface area contributed by atoms with E-state index >= 15 is 0 Å². The topological polar surface area (TPSA) is 27.1 Å². The van der Waals surface area contributed by atoms with E-state index in [0.29, 0.717) is 28.4 Å². The number of hydrogen-bond donors (Lipinski definition) is 0. The summed E-state index contributed by atoms with van der Waals surface area (Å²) in [6, 6.07) is 5.52. The van der Waals surface area contributed by atoms with E-state index in [9.17, 15) is 0 Å². The van der Waals surface area contributed by atoms with Crippen molar-refractivity contribution in [2.75, 3.05) is 12.5 Å². The molecule has 0 fully saturated rings. The molecule has 0 atom stereocenters. The maximum Gasteiger partial charge on any atom is 0.140 e. The monoisotopic (exact) mass is 344 g/mol. The second-order valence-corrected chi connectivity index (χ2v) is 6.13. The zero-order valence-electron chi connectivity index (χ0n) is 11.4. The van der Waals surface area contributed by atoms with Crippen LogP contribution in [-0.2, 0) is 12.8 Å². The van der Waals surface area contributed by atoms with Gasteiger partial charge in [0.05, 0.1) is 22.3 Å². The zero-order chi connectivity index (χ0) is 14.8. The Morgan fingerprint density at radius 1 is 1.19 bits per heavy atom. The summed E-state index contributed by atoms with van der Waals surface area (Å²) in [7, 11) is 0. The molecule has 112 valence electrons. The maximum absolute atomic E-state index is 6.48. The van der Waals surface area contributed by atoms with Gasteiger partial charge in [-0.25, -0.2) is 4.68 Å². The summed E-state index contributed by atoms with van der Waals surface area (Å²) >= 11 is 18.3. The van der Waals surface area contributed by atoms with E-state index in [1.807, 2.05) is 12.1 Å². The highest BCUT2D eigenvalue weighted by Gasteiger charge is 2.20. The highest BCUT2D eigenvalue weighted by molar-refractivity contribution is 6.32. The van der Waals surface area contributed by atoms with Crippen LogP contribution in [0.5, 0.6) is 5.75 Å². The second kappa shape index (κ2) is 6.47. The van der Waals surface area contributed by atoms with Crippen LogP contribution in [0.2, 0.25) is 10.2 Å². The molecular weight excluding hydrogens is 331 g/mol. The fourth-order valence-corrected chi connectivity index (χ4v) is 3.16. The molecule has 0 aliphatic heterocycles. The zero-order valence-corrected chi connectivity index (χ0v) is 13.7. The average Bonchev–Trinajstić information content (AvgIpc) is 2.84. The third-order valence-corrected chi connectivity index (χ3v) is 4.44. The lowest BCUT2D eigenvalue weighted by molar-refractivity contribution is 0.343. The summed E-state index contributed by atoms with van der Waals surface area (Å²) in [5.41, 5.74) is 3.12. The first-order valence-electron chi connectivity index (χ1n) is 6.95. The fraction of sp³-hybridized carbons (Fsp3) is 0.400. The Kier molecular flexibility index (Phi) is 4.63. The summed E-state index contributed by atoms with van der Waals surface area (Å²) in [5.74, 6) is 1.01. The first-order valence-corrected chi connectivity index (χ1v) is 8.24. The Morgan fingerprint density at radius 3 is 2.76 bits per heavy atom. The summed E-state index contributed by atoms with van der Waals surface area (Å²) in [6.45, 7) is 0.411. The van der Waals surface area contributed by atoms with Crippen molar-refractivity contribution < 1.29 is 4.74 Å². The number of aryl methyl sites for hydroxylation is 1. The van der Waals surface area contributed by atoms with Crippen molar-refractivity contribution in [1.82, 2.24) is 9.78 Å². The Labute approximate surface area is 138 Å². The van der Waals surface area contributed by atoms with E-state index in [4.69, 9.17) is 39.5 Å². The van der Waals surface area contributed by atoms with Gasteiger partial charge in [0.15, 0.2) is 0 Å². The summed E-state index contributed by atoms with van der Waals surface area (Å²) in [4.78, 5) is 0. The summed E-state index contributed by atoms with van der Waals surface area (Å²) < 4.78 is 7.31. The molecule has 1 aromatic carbocycles. The van der Waals surface area contributed by atoms with Crippen LogP contribution in [0.1, 0.15) is 24.1 Å². The van der Waals surface area contributed by atoms with Crippen molar-refractivity contribution in [2.45, 2.75) is 25.7 Å². The molecule has 1 aliphatic rings. The van der Waals surface area contributed by atoms with Crippen LogP contribution in [0, 0.1) is 0 Å². The molecule has 2 aromatic rings. The Morgan fingerprint density at radius 2 is 2.00 bits per heavy atom. The highest BCUT2D eigenvalue weighted by Crippen LogP contribution is 2.32. The number of rotatable bonds is 4. The first-order chi connectivity index (χ1) is 10.2. The number of benzene rings is 1. The fourth-order valence-electron chi connectivity index (χ4n) is 2.57. The lowest BCUT2D eigenvalue weighted by Crippen LogP contribution is -2.02. The lowest BCUT2D eigenvalue weighted by atomic mass is 9.99. The van der Waals surface area contributed by atoms with Gasteiger partial charge in [0.25, 0.3) is 0 Å². The molecular formula is C15H15Cl3N2O. The predicted molar refractivity (Wildman–Crippen MR) is 86.4 cm³/mol. The van der Waals surface area contributed by atoms with E-state index in [0.717, 1.165) is 24.2 Å². The van der Waals surface area contributed by atoms with Crippen molar-refractivity contribution in [3.05, 3.63) is 39.6 Å². The number of fused-ring (bicyclic) bond motifs is 1. The van der Waals surface area contributed by atoms with Gasteiger partial charge < -0.3 is 4.74 Å². The van der Waals surface area contributed by atoms with Gasteiger partial charge in [-0.3, -0.25) is 0 Å². The molecule has 0 radical (unpaired) electrons. The number of nitrogens with zero attached hydrogens (tertiary/aromatic N) is 2. The third-order valence-electron chi connectivity index (χ3n) is 3.59. The standard InChI is InChI=1S/C15H15Cl3N2O/c16-7-8-21-14-9-10(5-6-12(14)17)20-15(18)11-3-1-2-4-13(11)19-20/h5-6,9H,1-4,7-8H2. The number of alkyl halides is 1. The molecule has 0 amide bonds. The quantitative estimate of drug-likeness (QED) is 0.753. The minimum atomic E-state index is 0.411. The van der Waals surface area contributed by atoms with Gasteiger partial charge in [0.1, 0.15) is 17.5 Å². The molecule has 1 aromatic heterocycles. The van der Waals surface area contributed by atoms with E-state index in [2.05, 4.69) is 5.10 Å². The SMILES string of the molecule is ClCCOc1cc(-n2nc3c(c2Cl)CCCC3)ccc1Cl. The Bertz CT molecular complexity index is 655. The molecule has 1 aliphatic carbocycles. The maximum atomic E-state index is 6.48. The molecule has 3 nitrogen and oxygen atoms in total. The lowest BCUT2D eigenvalue weighted by Gasteiger charge is -2.10. The van der Waals surface area contributed by atoms with Crippen LogP contribution in [0.15, 0.2) is 18.2 Å². The van der Waals surface area contributed by atoms with Crippen LogP contribution in [-0.4, -0.2) is 22.3 Å². The van der Waals surface area contributed by atoms with Crippen molar-refractivity contribution >= 4 is 34.8 Å². The van der Waals surface area contributed by atoms with Gasteiger partial charge in [-0.1, -0.05) is 23.2 Å². The highest BCUT2D eigenvalue weighted by atomic mass is 35.5. The minimum Gasteiger partial charge on any atom is -0.491 e. The largest absolute Gasteiger partial charge is 0.491 e. The summed E-state index contributed by atoms with van der Waals surface area (Å²) in [5, 5.41) is 5.87. The van der Waals surface area contributed by atoms with Gasteiger partial charge in [0.2, 0.25) is 0 Å². The van der Waals surface area contributed by atoms with Gasteiger partial charge in [-0.05, 0) is 37.8 Å². The molecule has 6 heteroatoms. The Balaban J connectivity index is 1.98. The Hall–Kier alpha value is -0.900. The molecule has 0 saturated heterocycles. The number of hydrogen-bond acceptors (Lipinski definition) is 2. The molecule has 21 heavy (non-hydrogen) atoms. The van der Waals surface area contributed by atoms with Gasteiger partial charge >= 0.3 is 0 Å². The van der Waals surface area contributed by atoms with E-state index < -0.39 is 0 Å². The molecule has 1 heterocycles. The van der Waals surface area contributed by atoms with E-state index in [-0.39, 0.29) is 0 Å². The number of halogens is 3. The van der Waals surface area contributed by atoms with Crippen LogP contribution in [0.3, 0.4) is 0 Å². The molecule has 0 unspecified atom stereocenters. The normalized spacial score (nSPS) is 14.0. The number of ether oxygens (including phenoxy) is 1. The van der Waals surface area contributed by atoms with Crippen molar-refractivity contribution in [1.29, 1.82) is 0 Å². The average molecular weight is 346 g/mol. The smallest absolute Gasteiger partial charge is 0.140 e. The van der Waals surface area contributed by atoms with Gasteiger partial charge in [-0.2, -0.15) is 5.10 Å². The molecule has 0 N–H and O–H groups in total.